The fourth-order valence-electron chi connectivity index (χ4n) is 1.27. The number of aliphatic hydroxyl groups is 1. The van der Waals surface area contributed by atoms with E-state index in [4.69, 9.17) is 4.84 Å². The third kappa shape index (κ3) is 2.54. The minimum atomic E-state index is -0.567. The molecule has 14 heavy (non-hydrogen) atoms. The Bertz CT molecular complexity index is 265. The Hall–Kier alpha value is -0.900. The molecule has 78 valence electrons. The second-order valence-electron chi connectivity index (χ2n) is 4.17. The molecule has 0 saturated heterocycles. The molecule has 0 amide bonds. The smallest absolute Gasteiger partial charge is 0.382 e. The lowest BCUT2D eigenvalue weighted by atomic mass is 10.4. The molecule has 0 spiro atoms. The number of aliphatic hydroxyl groups excluding tert-OH is 1. The van der Waals surface area contributed by atoms with Crippen LogP contribution < -0.4 is 0 Å². The van der Waals surface area contributed by atoms with Gasteiger partial charge >= 0.3 is 5.97 Å². The summed E-state index contributed by atoms with van der Waals surface area (Å²) in [6, 6.07) is 0.298. The third-order valence-electron chi connectivity index (χ3n) is 2.38. The Balaban J connectivity index is 1.92. The van der Waals surface area contributed by atoms with E-state index in [0.29, 0.717) is 6.04 Å². The van der Waals surface area contributed by atoms with Crippen molar-refractivity contribution in [2.45, 2.75) is 44.8 Å². The predicted molar refractivity (Wildman–Crippen MR) is 49.8 cm³/mol. The van der Waals surface area contributed by atoms with Crippen LogP contribution in [0.5, 0.6) is 0 Å². The summed E-state index contributed by atoms with van der Waals surface area (Å²) in [5.74, 6) is -0.0348. The first kappa shape index (κ1) is 9.65. The van der Waals surface area contributed by atoms with Gasteiger partial charge in [0.15, 0.2) is 0 Å². The molecule has 2 aliphatic carbocycles. The summed E-state index contributed by atoms with van der Waals surface area (Å²) < 4.78 is 1.53. The molecule has 4 nitrogen and oxygen atoms in total. The number of rotatable bonds is 4. The highest BCUT2D eigenvalue weighted by Crippen LogP contribution is 2.31. The van der Waals surface area contributed by atoms with Crippen LogP contribution >= 0.6 is 0 Å². The van der Waals surface area contributed by atoms with E-state index in [0.717, 1.165) is 25.7 Å². The van der Waals surface area contributed by atoms with Crippen LogP contribution in [0.4, 0.5) is 0 Å². The minimum Gasteiger partial charge on any atom is -0.383 e. The monoisotopic (exact) mass is 198 g/mol. The fourth-order valence-corrected chi connectivity index (χ4v) is 1.27. The highest BCUT2D eigenvalue weighted by molar-refractivity contribution is 5.74. The molecule has 2 fully saturated rings. The van der Waals surface area contributed by atoms with Gasteiger partial charge < -0.3 is 5.11 Å². The van der Waals surface area contributed by atoms with Crippen LogP contribution in [0.1, 0.15) is 32.6 Å². The zero-order chi connectivity index (χ0) is 10.1. The molecular weight excluding hydrogens is 182 g/mol. The van der Waals surface area contributed by atoms with Crippen molar-refractivity contribution < 1.29 is 19.5 Å². The summed E-state index contributed by atoms with van der Waals surface area (Å²) in [5, 5.41) is 9.18. The quantitative estimate of drug-likeness (QED) is 0.309. The van der Waals surface area contributed by atoms with Gasteiger partial charge in [0.2, 0.25) is 12.3 Å². The van der Waals surface area contributed by atoms with Crippen molar-refractivity contribution >= 4 is 12.2 Å². The number of nitrogens with zero attached hydrogens (tertiary/aromatic N) is 1. The van der Waals surface area contributed by atoms with Crippen LogP contribution in [0, 0.1) is 5.92 Å². The van der Waals surface area contributed by atoms with Gasteiger partial charge in [-0.05, 0) is 24.5 Å². The van der Waals surface area contributed by atoms with Gasteiger partial charge in [-0.15, -0.1) is 0 Å². The van der Waals surface area contributed by atoms with E-state index >= 15 is 0 Å². The number of hydrogen-bond donors (Lipinski definition) is 1. The first-order valence-corrected chi connectivity index (χ1v) is 5.20. The van der Waals surface area contributed by atoms with Crippen LogP contribution in [0.2, 0.25) is 0 Å². The molecule has 0 bridgehead atoms. The van der Waals surface area contributed by atoms with Crippen molar-refractivity contribution in [2.24, 2.45) is 5.92 Å². The van der Waals surface area contributed by atoms with Crippen LogP contribution in [0.3, 0.4) is 0 Å². The van der Waals surface area contributed by atoms with Crippen LogP contribution in [-0.4, -0.2) is 34.2 Å². The van der Waals surface area contributed by atoms with E-state index < -0.39 is 6.10 Å². The lowest BCUT2D eigenvalue weighted by molar-refractivity contribution is -0.769. The summed E-state index contributed by atoms with van der Waals surface area (Å²) in [5.41, 5.74) is 0. The SMILES string of the molecule is CC(O)C=[N+](OC(=O)C1CC1)C1CC1. The molecule has 0 heterocycles. The molecule has 2 rings (SSSR count). The molecule has 1 unspecified atom stereocenters. The van der Waals surface area contributed by atoms with E-state index in [1.54, 1.807) is 13.1 Å². The van der Waals surface area contributed by atoms with Crippen molar-refractivity contribution in [1.82, 2.24) is 0 Å². The van der Waals surface area contributed by atoms with Crippen molar-refractivity contribution in [3.05, 3.63) is 0 Å². The normalized spacial score (nSPS) is 24.6. The number of carbonyl (C=O) groups is 1. The summed E-state index contributed by atoms with van der Waals surface area (Å²) in [6.07, 6.45) is 4.99. The molecule has 0 aromatic rings. The van der Waals surface area contributed by atoms with Gasteiger partial charge in [-0.3, -0.25) is 0 Å². The molecule has 1 atom stereocenters. The summed E-state index contributed by atoms with van der Waals surface area (Å²) in [4.78, 5) is 16.6. The summed E-state index contributed by atoms with van der Waals surface area (Å²) in [7, 11) is 0. The third-order valence-corrected chi connectivity index (χ3v) is 2.38. The van der Waals surface area contributed by atoms with Crippen molar-refractivity contribution in [2.75, 3.05) is 0 Å². The topological polar surface area (TPSA) is 49.5 Å². The molecule has 0 aromatic carbocycles. The Morgan fingerprint density at radius 2 is 2.14 bits per heavy atom. The zero-order valence-corrected chi connectivity index (χ0v) is 8.35. The lowest BCUT2D eigenvalue weighted by Crippen LogP contribution is -2.25. The molecule has 2 saturated carbocycles. The number of hydrogen-bond acceptors (Lipinski definition) is 3. The largest absolute Gasteiger partial charge is 0.383 e. The molecule has 2 aliphatic rings. The van der Waals surface area contributed by atoms with Gasteiger partial charge in [-0.1, -0.05) is 0 Å². The number of carbonyl (C=O) groups excluding carboxylic acids is 1. The van der Waals surface area contributed by atoms with Crippen molar-refractivity contribution in [3.8, 4) is 0 Å². The van der Waals surface area contributed by atoms with Gasteiger partial charge in [0.1, 0.15) is 6.10 Å². The van der Waals surface area contributed by atoms with E-state index in [1.165, 1.54) is 4.74 Å². The van der Waals surface area contributed by atoms with Gasteiger partial charge in [0.05, 0.1) is 5.92 Å². The second kappa shape index (κ2) is 3.69. The first-order valence-electron chi connectivity index (χ1n) is 5.20. The van der Waals surface area contributed by atoms with Crippen molar-refractivity contribution in [3.63, 3.8) is 0 Å². The molecule has 0 aromatic heterocycles. The Labute approximate surface area is 83.1 Å². The van der Waals surface area contributed by atoms with E-state index in [-0.39, 0.29) is 11.9 Å². The Morgan fingerprint density at radius 1 is 1.50 bits per heavy atom. The maximum atomic E-state index is 11.4. The average Bonchev–Trinajstić information content (AvgIpc) is 2.96. The lowest BCUT2D eigenvalue weighted by Gasteiger charge is -2.00. The van der Waals surface area contributed by atoms with E-state index in [2.05, 4.69) is 0 Å². The minimum absolute atomic E-state index is 0.110. The van der Waals surface area contributed by atoms with E-state index in [9.17, 15) is 9.90 Å². The van der Waals surface area contributed by atoms with Gasteiger partial charge in [-0.2, -0.15) is 4.84 Å². The summed E-state index contributed by atoms with van der Waals surface area (Å²) in [6.45, 7) is 1.65. The highest BCUT2D eigenvalue weighted by Gasteiger charge is 2.41. The Kier molecular flexibility index (Phi) is 2.54. The highest BCUT2D eigenvalue weighted by atomic mass is 16.7. The van der Waals surface area contributed by atoms with Gasteiger partial charge in [0.25, 0.3) is 0 Å². The maximum absolute atomic E-state index is 11.4. The zero-order valence-electron chi connectivity index (χ0n) is 8.35. The van der Waals surface area contributed by atoms with E-state index in [1.807, 2.05) is 0 Å². The van der Waals surface area contributed by atoms with Gasteiger partial charge in [0, 0.05) is 12.8 Å². The predicted octanol–water partition coefficient (Wildman–Crippen LogP) is 0.481. The molecule has 1 N–H and O–H groups in total. The maximum Gasteiger partial charge on any atom is 0.382 e. The standard InChI is InChI=1S/C10H16NO3/c1-7(12)6-11(9-4-5-9)14-10(13)8-2-3-8/h6-9,12H,2-5H2,1H3/q+1. The molecular formula is C10H16NO3+. The molecule has 0 aliphatic heterocycles. The van der Waals surface area contributed by atoms with Crippen molar-refractivity contribution in [1.29, 1.82) is 0 Å². The van der Waals surface area contributed by atoms with Crippen LogP contribution in [-0.2, 0) is 9.63 Å². The second-order valence-corrected chi connectivity index (χ2v) is 4.17. The molecule has 0 radical (unpaired) electrons. The number of hydroxylamine groups is 1. The first-order chi connectivity index (χ1) is 6.66. The van der Waals surface area contributed by atoms with Crippen LogP contribution in [0.15, 0.2) is 0 Å². The Morgan fingerprint density at radius 3 is 2.57 bits per heavy atom. The fraction of sp³-hybridized carbons (Fsp3) is 0.800. The van der Waals surface area contributed by atoms with Gasteiger partial charge in [-0.25, -0.2) is 4.79 Å². The molecule has 4 heteroatoms. The van der Waals surface area contributed by atoms with Crippen LogP contribution in [0.25, 0.3) is 0 Å². The summed E-state index contributed by atoms with van der Waals surface area (Å²) >= 11 is 0. The average molecular weight is 198 g/mol.